The van der Waals surface area contributed by atoms with E-state index < -0.39 is 0 Å². The molecular formula is C22H24N2O3. The summed E-state index contributed by atoms with van der Waals surface area (Å²) in [6.07, 6.45) is 1.73. The monoisotopic (exact) mass is 364 g/mol. The van der Waals surface area contributed by atoms with Gasteiger partial charge >= 0.3 is 0 Å². The number of oxazole rings is 1. The molecule has 0 unspecified atom stereocenters. The zero-order chi connectivity index (χ0) is 18.8. The molecule has 1 aromatic heterocycles. The molecule has 140 valence electrons. The molecule has 1 fully saturated rings. The smallest absolute Gasteiger partial charge is 0.260 e. The molecule has 3 aromatic rings. The minimum absolute atomic E-state index is 0.0333. The summed E-state index contributed by atoms with van der Waals surface area (Å²) in [4.78, 5) is 19.0. The van der Waals surface area contributed by atoms with Crippen LogP contribution in [0.15, 0.2) is 46.9 Å². The van der Waals surface area contributed by atoms with Crippen LogP contribution in [0.2, 0.25) is 0 Å². The number of fused-ring (bicyclic) bond motifs is 1. The van der Waals surface area contributed by atoms with Crippen molar-refractivity contribution >= 4 is 17.0 Å². The minimum atomic E-state index is 0.0333. The number of benzene rings is 2. The molecule has 0 aliphatic carbocycles. The molecule has 1 saturated heterocycles. The van der Waals surface area contributed by atoms with Crippen molar-refractivity contribution < 1.29 is 13.9 Å². The summed E-state index contributed by atoms with van der Waals surface area (Å²) in [5.41, 5.74) is 3.96. The summed E-state index contributed by atoms with van der Waals surface area (Å²) >= 11 is 0. The predicted octanol–water partition coefficient (Wildman–Crippen LogP) is 4.23. The SMILES string of the molecule is Cc1ccc(OCC(=O)N2CCC(c3nc4ccccc4o3)CC2)c(C)c1. The maximum atomic E-state index is 12.5. The fraction of sp³-hybridized carbons (Fsp3) is 0.364. The van der Waals surface area contributed by atoms with Crippen molar-refractivity contribution in [1.82, 2.24) is 9.88 Å². The van der Waals surface area contributed by atoms with Crippen LogP contribution in [-0.2, 0) is 4.79 Å². The summed E-state index contributed by atoms with van der Waals surface area (Å²) in [7, 11) is 0. The maximum absolute atomic E-state index is 12.5. The van der Waals surface area contributed by atoms with Crippen LogP contribution in [0, 0.1) is 13.8 Å². The highest BCUT2D eigenvalue weighted by Gasteiger charge is 2.27. The Balaban J connectivity index is 1.32. The van der Waals surface area contributed by atoms with Crippen molar-refractivity contribution in [3.63, 3.8) is 0 Å². The van der Waals surface area contributed by atoms with Gasteiger partial charge < -0.3 is 14.1 Å². The Labute approximate surface area is 158 Å². The minimum Gasteiger partial charge on any atom is -0.484 e. The third-order valence-electron chi connectivity index (χ3n) is 5.19. The number of nitrogens with zero attached hydrogens (tertiary/aromatic N) is 2. The summed E-state index contributed by atoms with van der Waals surface area (Å²) in [5.74, 6) is 1.86. The number of likely N-dealkylation sites (tertiary alicyclic amines) is 1. The third kappa shape index (κ3) is 3.82. The van der Waals surface area contributed by atoms with Crippen molar-refractivity contribution in [3.05, 3.63) is 59.5 Å². The lowest BCUT2D eigenvalue weighted by Crippen LogP contribution is -2.40. The quantitative estimate of drug-likeness (QED) is 0.695. The van der Waals surface area contributed by atoms with E-state index in [2.05, 4.69) is 11.1 Å². The van der Waals surface area contributed by atoms with Gasteiger partial charge in [-0.3, -0.25) is 4.79 Å². The molecule has 5 nitrogen and oxygen atoms in total. The van der Waals surface area contributed by atoms with Crippen LogP contribution >= 0.6 is 0 Å². The van der Waals surface area contributed by atoms with E-state index in [1.165, 1.54) is 5.56 Å². The number of piperidine rings is 1. The van der Waals surface area contributed by atoms with Crippen LogP contribution in [-0.4, -0.2) is 35.5 Å². The number of aryl methyl sites for hydroxylation is 2. The van der Waals surface area contributed by atoms with Crippen LogP contribution in [0.5, 0.6) is 5.75 Å². The Kier molecular flexibility index (Phi) is 4.84. The molecule has 1 aliphatic heterocycles. The molecule has 1 aliphatic rings. The molecule has 27 heavy (non-hydrogen) atoms. The van der Waals surface area contributed by atoms with E-state index in [0.717, 1.165) is 41.1 Å². The number of aromatic nitrogens is 1. The maximum Gasteiger partial charge on any atom is 0.260 e. The van der Waals surface area contributed by atoms with Crippen molar-refractivity contribution in [2.24, 2.45) is 0 Å². The second kappa shape index (κ2) is 7.43. The van der Waals surface area contributed by atoms with Crippen LogP contribution in [0.3, 0.4) is 0 Å². The summed E-state index contributed by atoms with van der Waals surface area (Å²) < 4.78 is 11.6. The predicted molar refractivity (Wildman–Crippen MR) is 104 cm³/mol. The van der Waals surface area contributed by atoms with E-state index in [9.17, 15) is 4.79 Å². The number of hydrogen-bond acceptors (Lipinski definition) is 4. The highest BCUT2D eigenvalue weighted by Crippen LogP contribution is 2.30. The molecule has 1 amide bonds. The Morgan fingerprint density at radius 2 is 1.96 bits per heavy atom. The van der Waals surface area contributed by atoms with Gasteiger partial charge in [0.25, 0.3) is 5.91 Å². The number of amides is 1. The molecule has 0 radical (unpaired) electrons. The molecule has 0 bridgehead atoms. The second-order valence-electron chi connectivity index (χ2n) is 7.23. The first-order valence-corrected chi connectivity index (χ1v) is 9.43. The number of hydrogen-bond donors (Lipinski definition) is 0. The fourth-order valence-electron chi connectivity index (χ4n) is 3.63. The summed E-state index contributed by atoms with van der Waals surface area (Å²) in [5, 5.41) is 0. The zero-order valence-corrected chi connectivity index (χ0v) is 15.8. The topological polar surface area (TPSA) is 55.6 Å². The number of carbonyl (C=O) groups is 1. The Hall–Kier alpha value is -2.82. The highest BCUT2D eigenvalue weighted by molar-refractivity contribution is 5.78. The van der Waals surface area contributed by atoms with Crippen LogP contribution in [0.1, 0.15) is 35.8 Å². The summed E-state index contributed by atoms with van der Waals surface area (Å²) in [6, 6.07) is 13.8. The zero-order valence-electron chi connectivity index (χ0n) is 15.8. The van der Waals surface area contributed by atoms with Crippen LogP contribution in [0.25, 0.3) is 11.1 Å². The number of para-hydroxylation sites is 2. The molecule has 0 N–H and O–H groups in total. The van der Waals surface area contributed by atoms with Gasteiger partial charge in [0.1, 0.15) is 11.3 Å². The van der Waals surface area contributed by atoms with Gasteiger partial charge in [0, 0.05) is 19.0 Å². The lowest BCUT2D eigenvalue weighted by atomic mass is 9.97. The van der Waals surface area contributed by atoms with Gasteiger partial charge in [0.2, 0.25) is 0 Å². The Morgan fingerprint density at radius 3 is 2.70 bits per heavy atom. The Bertz CT molecular complexity index is 922. The van der Waals surface area contributed by atoms with E-state index in [1.54, 1.807) is 0 Å². The lowest BCUT2D eigenvalue weighted by Gasteiger charge is -2.30. The molecule has 0 saturated carbocycles. The largest absolute Gasteiger partial charge is 0.484 e. The van der Waals surface area contributed by atoms with E-state index in [1.807, 2.05) is 55.1 Å². The van der Waals surface area contributed by atoms with Crippen molar-refractivity contribution in [3.8, 4) is 5.75 Å². The number of rotatable bonds is 4. The lowest BCUT2D eigenvalue weighted by molar-refractivity contribution is -0.134. The third-order valence-corrected chi connectivity index (χ3v) is 5.19. The van der Waals surface area contributed by atoms with E-state index in [-0.39, 0.29) is 18.4 Å². The first-order chi connectivity index (χ1) is 13.1. The van der Waals surface area contributed by atoms with Gasteiger partial charge in [-0.15, -0.1) is 0 Å². The number of ether oxygens (including phenoxy) is 1. The Morgan fingerprint density at radius 1 is 1.19 bits per heavy atom. The fourth-order valence-corrected chi connectivity index (χ4v) is 3.63. The van der Waals surface area contributed by atoms with Crippen molar-refractivity contribution in [2.75, 3.05) is 19.7 Å². The van der Waals surface area contributed by atoms with Crippen molar-refractivity contribution in [1.29, 1.82) is 0 Å². The molecular weight excluding hydrogens is 340 g/mol. The first kappa shape index (κ1) is 17.6. The van der Waals surface area contributed by atoms with Crippen LogP contribution < -0.4 is 4.74 Å². The summed E-state index contributed by atoms with van der Waals surface area (Å²) in [6.45, 7) is 5.54. The van der Waals surface area contributed by atoms with Crippen molar-refractivity contribution in [2.45, 2.75) is 32.6 Å². The molecule has 0 atom stereocenters. The highest BCUT2D eigenvalue weighted by atomic mass is 16.5. The van der Waals surface area contributed by atoms with Gasteiger partial charge in [-0.05, 0) is 50.5 Å². The van der Waals surface area contributed by atoms with E-state index in [0.29, 0.717) is 13.1 Å². The number of carbonyl (C=O) groups excluding carboxylic acids is 1. The molecule has 2 aromatic carbocycles. The molecule has 2 heterocycles. The molecule has 5 heteroatoms. The molecule has 0 spiro atoms. The normalized spacial score (nSPS) is 15.3. The van der Waals surface area contributed by atoms with Crippen LogP contribution in [0.4, 0.5) is 0 Å². The van der Waals surface area contributed by atoms with Gasteiger partial charge in [-0.1, -0.05) is 29.8 Å². The average Bonchev–Trinajstić information content (AvgIpc) is 3.11. The van der Waals surface area contributed by atoms with Gasteiger partial charge in [-0.25, -0.2) is 4.98 Å². The van der Waals surface area contributed by atoms with Gasteiger partial charge in [-0.2, -0.15) is 0 Å². The standard InChI is InChI=1S/C22H24N2O3/c1-15-7-8-19(16(2)13-15)26-14-21(25)24-11-9-17(10-12-24)22-23-18-5-3-4-6-20(18)27-22/h3-8,13,17H,9-12,14H2,1-2H3. The first-order valence-electron chi connectivity index (χ1n) is 9.43. The average molecular weight is 364 g/mol. The van der Waals surface area contributed by atoms with E-state index >= 15 is 0 Å². The van der Waals surface area contributed by atoms with E-state index in [4.69, 9.17) is 9.15 Å². The second-order valence-corrected chi connectivity index (χ2v) is 7.23. The molecule has 4 rings (SSSR count). The van der Waals surface area contributed by atoms with Gasteiger partial charge in [0.15, 0.2) is 18.1 Å². The van der Waals surface area contributed by atoms with Gasteiger partial charge in [0.05, 0.1) is 0 Å².